The van der Waals surface area contributed by atoms with Crippen LogP contribution in [0.5, 0.6) is 0 Å². The molecule has 0 spiro atoms. The fraction of sp³-hybridized carbons (Fsp3) is 1.00. The maximum absolute atomic E-state index is 9.04. The zero-order chi connectivity index (χ0) is 22.6. The highest BCUT2D eigenvalue weighted by Gasteiger charge is 2.41. The van der Waals surface area contributed by atoms with Gasteiger partial charge in [-0.05, 0) is 93.9 Å². The SMILES string of the molecule is CC1(C)CCCC(C)(C)N1CCO.CC1(C)CCCC(C)(C)N1CCOCC1CO1. The van der Waals surface area contributed by atoms with Gasteiger partial charge in [-0.3, -0.25) is 9.80 Å². The van der Waals surface area contributed by atoms with E-state index in [0.29, 0.717) is 17.2 Å². The zero-order valence-electron chi connectivity index (χ0n) is 21.2. The molecule has 1 atom stereocenters. The van der Waals surface area contributed by atoms with Gasteiger partial charge in [-0.2, -0.15) is 0 Å². The van der Waals surface area contributed by atoms with Crippen LogP contribution in [0.15, 0.2) is 0 Å². The normalized spacial score (nSPS) is 29.7. The van der Waals surface area contributed by atoms with E-state index in [1.54, 1.807) is 0 Å². The Bertz CT molecular complexity index is 494. The number of piperidine rings is 2. The minimum atomic E-state index is 0.254. The number of hydrogen-bond acceptors (Lipinski definition) is 5. The molecule has 3 saturated heterocycles. The van der Waals surface area contributed by atoms with Crippen molar-refractivity contribution in [1.82, 2.24) is 9.80 Å². The van der Waals surface area contributed by atoms with E-state index in [4.69, 9.17) is 14.6 Å². The van der Waals surface area contributed by atoms with Gasteiger partial charge in [0.15, 0.2) is 0 Å². The van der Waals surface area contributed by atoms with Crippen LogP contribution in [-0.2, 0) is 9.47 Å². The summed E-state index contributed by atoms with van der Waals surface area (Å²) in [5.41, 5.74) is 1.12. The smallest absolute Gasteiger partial charge is 0.104 e. The first-order valence-electron chi connectivity index (χ1n) is 12.2. The van der Waals surface area contributed by atoms with Crippen LogP contribution in [-0.4, -0.2) is 82.7 Å². The second kappa shape index (κ2) is 10.2. The van der Waals surface area contributed by atoms with Gasteiger partial charge in [0.05, 0.1) is 26.4 Å². The van der Waals surface area contributed by atoms with Gasteiger partial charge in [0.2, 0.25) is 0 Å². The summed E-state index contributed by atoms with van der Waals surface area (Å²) >= 11 is 0. The molecule has 3 aliphatic heterocycles. The van der Waals surface area contributed by atoms with Crippen LogP contribution >= 0.6 is 0 Å². The Balaban J connectivity index is 0.000000222. The minimum absolute atomic E-state index is 0.254. The van der Waals surface area contributed by atoms with E-state index in [1.807, 2.05) is 0 Å². The van der Waals surface area contributed by atoms with Gasteiger partial charge in [-0.1, -0.05) is 0 Å². The summed E-state index contributed by atoms with van der Waals surface area (Å²) in [7, 11) is 0. The van der Waals surface area contributed by atoms with Gasteiger partial charge in [0.1, 0.15) is 6.10 Å². The molecule has 3 aliphatic rings. The van der Waals surface area contributed by atoms with Gasteiger partial charge in [-0.15, -0.1) is 0 Å². The van der Waals surface area contributed by atoms with Crippen molar-refractivity contribution in [2.24, 2.45) is 0 Å². The summed E-state index contributed by atoms with van der Waals surface area (Å²) in [5.74, 6) is 0. The topological polar surface area (TPSA) is 48.5 Å². The molecule has 3 fully saturated rings. The highest BCUT2D eigenvalue weighted by molar-refractivity contribution is 4.97. The summed E-state index contributed by atoms with van der Waals surface area (Å²) < 4.78 is 10.8. The predicted molar refractivity (Wildman–Crippen MR) is 125 cm³/mol. The highest BCUT2D eigenvalue weighted by atomic mass is 16.6. The Morgan fingerprint density at radius 2 is 1.17 bits per heavy atom. The van der Waals surface area contributed by atoms with E-state index in [1.165, 1.54) is 38.5 Å². The molecule has 1 unspecified atom stereocenters. The van der Waals surface area contributed by atoms with Crippen LogP contribution in [0, 0.1) is 0 Å². The van der Waals surface area contributed by atoms with E-state index in [-0.39, 0.29) is 17.7 Å². The monoisotopic (exact) mass is 426 g/mol. The van der Waals surface area contributed by atoms with E-state index >= 15 is 0 Å². The summed E-state index contributed by atoms with van der Waals surface area (Å²) in [5, 5.41) is 9.04. The average Bonchev–Trinajstić information content (AvgIpc) is 3.41. The molecule has 0 bridgehead atoms. The lowest BCUT2D eigenvalue weighted by molar-refractivity contribution is -0.0456. The molecule has 3 rings (SSSR count). The zero-order valence-corrected chi connectivity index (χ0v) is 21.2. The van der Waals surface area contributed by atoms with Gasteiger partial charge >= 0.3 is 0 Å². The van der Waals surface area contributed by atoms with Crippen LogP contribution < -0.4 is 0 Å². The fourth-order valence-electron chi connectivity index (χ4n) is 5.93. The lowest BCUT2D eigenvalue weighted by Crippen LogP contribution is -2.59. The number of aliphatic hydroxyl groups is 1. The van der Waals surface area contributed by atoms with E-state index in [2.05, 4.69) is 65.2 Å². The maximum atomic E-state index is 9.04. The largest absolute Gasteiger partial charge is 0.395 e. The van der Waals surface area contributed by atoms with Crippen LogP contribution in [0.3, 0.4) is 0 Å². The molecular formula is C25H50N2O3. The molecule has 178 valence electrons. The van der Waals surface area contributed by atoms with Crippen molar-refractivity contribution >= 4 is 0 Å². The van der Waals surface area contributed by atoms with Gasteiger partial charge in [0, 0.05) is 35.2 Å². The van der Waals surface area contributed by atoms with Crippen molar-refractivity contribution < 1.29 is 14.6 Å². The summed E-state index contributed by atoms with van der Waals surface area (Å²) in [6.07, 6.45) is 8.12. The molecular weight excluding hydrogens is 376 g/mol. The molecule has 0 aliphatic carbocycles. The quantitative estimate of drug-likeness (QED) is 0.481. The lowest BCUT2D eigenvalue weighted by atomic mass is 9.80. The third kappa shape index (κ3) is 7.16. The Kier molecular flexibility index (Phi) is 8.83. The Morgan fingerprint density at radius 1 is 0.767 bits per heavy atom. The number of likely N-dealkylation sites (tertiary alicyclic amines) is 2. The number of β-amino-alcohol motifs (C(OH)–C–C–N with tert-alkyl or cyclic N) is 1. The van der Waals surface area contributed by atoms with Crippen molar-refractivity contribution in [3.63, 3.8) is 0 Å². The average molecular weight is 427 g/mol. The molecule has 5 heteroatoms. The highest BCUT2D eigenvalue weighted by Crippen LogP contribution is 2.38. The second-order valence-corrected chi connectivity index (χ2v) is 12.0. The first-order chi connectivity index (χ1) is 13.8. The second-order valence-electron chi connectivity index (χ2n) is 12.0. The number of ether oxygens (including phenoxy) is 2. The van der Waals surface area contributed by atoms with Gasteiger partial charge < -0.3 is 14.6 Å². The Labute approximate surface area is 186 Å². The number of nitrogens with zero attached hydrogens (tertiary/aromatic N) is 2. The minimum Gasteiger partial charge on any atom is -0.395 e. The predicted octanol–water partition coefficient (Wildman–Crippen LogP) is 4.47. The number of aliphatic hydroxyl groups excluding tert-OH is 1. The Hall–Kier alpha value is -0.200. The standard InChI is InChI=1S/C14H27NO2.C11H23NO/c1-13(2)6-5-7-14(3,4)15(13)8-9-16-10-12-11-17-12;1-10(2)6-5-7-11(3,4)12(10)8-9-13/h12H,5-11H2,1-4H3;13H,5-9H2,1-4H3. The molecule has 3 heterocycles. The van der Waals surface area contributed by atoms with Crippen LogP contribution in [0.4, 0.5) is 0 Å². The van der Waals surface area contributed by atoms with Crippen LogP contribution in [0.2, 0.25) is 0 Å². The number of rotatable bonds is 7. The molecule has 0 saturated carbocycles. The van der Waals surface area contributed by atoms with E-state index in [0.717, 1.165) is 32.9 Å². The molecule has 1 N–H and O–H groups in total. The van der Waals surface area contributed by atoms with Crippen molar-refractivity contribution in [3.8, 4) is 0 Å². The number of hydrogen-bond donors (Lipinski definition) is 1. The molecule has 0 aromatic heterocycles. The van der Waals surface area contributed by atoms with Crippen molar-refractivity contribution in [2.75, 3.05) is 39.5 Å². The number of epoxide rings is 1. The summed E-state index contributed by atoms with van der Waals surface area (Å²) in [6, 6.07) is 0. The summed E-state index contributed by atoms with van der Waals surface area (Å²) in [4.78, 5) is 5.07. The van der Waals surface area contributed by atoms with Gasteiger partial charge in [0.25, 0.3) is 0 Å². The van der Waals surface area contributed by atoms with Crippen molar-refractivity contribution in [2.45, 2.75) is 122 Å². The fourth-order valence-corrected chi connectivity index (χ4v) is 5.93. The molecule has 5 nitrogen and oxygen atoms in total. The molecule has 0 aromatic rings. The lowest BCUT2D eigenvalue weighted by Gasteiger charge is -2.53. The molecule has 0 amide bonds. The molecule has 0 aromatic carbocycles. The Morgan fingerprint density at radius 3 is 1.53 bits per heavy atom. The van der Waals surface area contributed by atoms with Crippen molar-refractivity contribution in [3.05, 3.63) is 0 Å². The maximum Gasteiger partial charge on any atom is 0.104 e. The van der Waals surface area contributed by atoms with Crippen LogP contribution in [0.1, 0.15) is 93.9 Å². The third-order valence-electron chi connectivity index (χ3n) is 7.57. The van der Waals surface area contributed by atoms with Gasteiger partial charge in [-0.25, -0.2) is 0 Å². The van der Waals surface area contributed by atoms with E-state index in [9.17, 15) is 0 Å². The summed E-state index contributed by atoms with van der Waals surface area (Å²) in [6.45, 7) is 23.2. The van der Waals surface area contributed by atoms with Crippen molar-refractivity contribution in [1.29, 1.82) is 0 Å². The van der Waals surface area contributed by atoms with Crippen LogP contribution in [0.25, 0.3) is 0 Å². The first-order valence-corrected chi connectivity index (χ1v) is 12.2. The van der Waals surface area contributed by atoms with E-state index < -0.39 is 0 Å². The third-order valence-corrected chi connectivity index (χ3v) is 7.57. The molecule has 0 radical (unpaired) electrons. The molecule has 30 heavy (non-hydrogen) atoms. The first kappa shape index (κ1) is 26.1.